The van der Waals surface area contributed by atoms with E-state index in [1.807, 2.05) is 5.51 Å². The van der Waals surface area contributed by atoms with Gasteiger partial charge in [-0.05, 0) is 20.4 Å². The molecule has 2 N–H and O–H groups in total. The van der Waals surface area contributed by atoms with Crippen LogP contribution in [0.25, 0.3) is 0 Å². The van der Waals surface area contributed by atoms with Crippen LogP contribution in [0.15, 0.2) is 5.51 Å². The second-order valence-electron chi connectivity index (χ2n) is 4.80. The van der Waals surface area contributed by atoms with Crippen molar-refractivity contribution in [2.75, 3.05) is 39.8 Å². The molecule has 0 bridgehead atoms. The molecule has 0 spiro atoms. The quantitative estimate of drug-likeness (QED) is 0.853. The van der Waals surface area contributed by atoms with Gasteiger partial charge in [-0.3, -0.25) is 4.90 Å². The topological polar surface area (TPSA) is 45.4 Å². The zero-order valence-electron chi connectivity index (χ0n) is 10.7. The fraction of sp³-hybridized carbons (Fsp3) is 0.750. The van der Waals surface area contributed by atoms with Crippen LogP contribution >= 0.6 is 11.3 Å². The second-order valence-corrected chi connectivity index (χ2v) is 5.74. The summed E-state index contributed by atoms with van der Waals surface area (Å²) in [6, 6.07) is 0.516. The third kappa shape index (κ3) is 3.25. The van der Waals surface area contributed by atoms with Crippen molar-refractivity contribution in [3.63, 3.8) is 0 Å². The third-order valence-electron chi connectivity index (χ3n) is 3.55. The van der Waals surface area contributed by atoms with Gasteiger partial charge in [0, 0.05) is 43.6 Å². The molecule has 2 rings (SSSR count). The Morgan fingerprint density at radius 2 is 2.35 bits per heavy atom. The Hall–Kier alpha value is -0.490. The Morgan fingerprint density at radius 3 is 3.00 bits per heavy atom. The second kappa shape index (κ2) is 5.91. The van der Waals surface area contributed by atoms with Gasteiger partial charge in [0.1, 0.15) is 0 Å². The molecule has 17 heavy (non-hydrogen) atoms. The van der Waals surface area contributed by atoms with Crippen molar-refractivity contribution >= 4 is 11.3 Å². The van der Waals surface area contributed by atoms with Crippen molar-refractivity contribution in [2.24, 2.45) is 5.73 Å². The van der Waals surface area contributed by atoms with Crippen molar-refractivity contribution in [1.82, 2.24) is 14.8 Å². The standard InChI is InChI=1S/C12H22N4S/c1-10-12(17-9-14-10)3-4-16-6-5-15(2)8-11(16)7-13/h9,11H,3-8,13H2,1-2H3. The van der Waals surface area contributed by atoms with Gasteiger partial charge in [0.05, 0.1) is 11.2 Å². The molecular weight excluding hydrogens is 232 g/mol. The van der Waals surface area contributed by atoms with Crippen LogP contribution < -0.4 is 5.73 Å². The molecule has 1 saturated heterocycles. The highest BCUT2D eigenvalue weighted by Crippen LogP contribution is 2.15. The van der Waals surface area contributed by atoms with Gasteiger partial charge in [-0.1, -0.05) is 0 Å². The zero-order valence-corrected chi connectivity index (χ0v) is 11.5. The summed E-state index contributed by atoms with van der Waals surface area (Å²) >= 11 is 1.77. The summed E-state index contributed by atoms with van der Waals surface area (Å²) in [7, 11) is 2.17. The average Bonchev–Trinajstić information content (AvgIpc) is 2.73. The fourth-order valence-electron chi connectivity index (χ4n) is 2.38. The van der Waals surface area contributed by atoms with Crippen molar-refractivity contribution in [3.05, 3.63) is 16.1 Å². The van der Waals surface area contributed by atoms with Crippen LogP contribution in [-0.4, -0.2) is 60.6 Å². The Morgan fingerprint density at radius 1 is 1.53 bits per heavy atom. The molecular formula is C12H22N4S. The molecule has 0 saturated carbocycles. The van der Waals surface area contributed by atoms with Crippen molar-refractivity contribution in [3.8, 4) is 0 Å². The molecule has 0 amide bonds. The number of likely N-dealkylation sites (N-methyl/N-ethyl adjacent to an activating group) is 1. The van der Waals surface area contributed by atoms with E-state index in [2.05, 4.69) is 28.8 Å². The number of hydrogen-bond acceptors (Lipinski definition) is 5. The largest absolute Gasteiger partial charge is 0.329 e. The predicted molar refractivity (Wildman–Crippen MR) is 72.5 cm³/mol. The molecule has 4 nitrogen and oxygen atoms in total. The molecule has 0 aromatic carbocycles. The summed E-state index contributed by atoms with van der Waals surface area (Å²) in [4.78, 5) is 10.6. The Labute approximate surface area is 107 Å². The number of aryl methyl sites for hydroxylation is 1. The SMILES string of the molecule is Cc1ncsc1CCN1CCN(C)CC1CN. The fourth-order valence-corrected chi connectivity index (χ4v) is 3.15. The number of rotatable bonds is 4. The lowest BCUT2D eigenvalue weighted by Gasteiger charge is -2.39. The van der Waals surface area contributed by atoms with Gasteiger partial charge in [0.25, 0.3) is 0 Å². The van der Waals surface area contributed by atoms with Crippen molar-refractivity contribution < 1.29 is 0 Å². The Bertz CT molecular complexity index is 352. The number of piperazine rings is 1. The summed E-state index contributed by atoms with van der Waals surface area (Å²) < 4.78 is 0. The zero-order chi connectivity index (χ0) is 12.3. The van der Waals surface area contributed by atoms with Crippen LogP contribution in [0.5, 0.6) is 0 Å². The third-order valence-corrected chi connectivity index (χ3v) is 4.55. The minimum Gasteiger partial charge on any atom is -0.329 e. The van der Waals surface area contributed by atoms with Crippen LogP contribution in [0, 0.1) is 6.92 Å². The monoisotopic (exact) mass is 254 g/mol. The van der Waals surface area contributed by atoms with Gasteiger partial charge < -0.3 is 10.6 Å². The lowest BCUT2D eigenvalue weighted by Crippen LogP contribution is -2.55. The summed E-state index contributed by atoms with van der Waals surface area (Å²) in [5.41, 5.74) is 8.98. The Balaban J connectivity index is 1.87. The van der Waals surface area contributed by atoms with Crippen LogP contribution in [-0.2, 0) is 6.42 Å². The van der Waals surface area contributed by atoms with Gasteiger partial charge in [-0.15, -0.1) is 11.3 Å². The number of nitrogens with two attached hydrogens (primary N) is 1. The molecule has 1 atom stereocenters. The van der Waals surface area contributed by atoms with Gasteiger partial charge in [0.15, 0.2) is 0 Å². The summed E-state index contributed by atoms with van der Waals surface area (Å²) in [5.74, 6) is 0. The van der Waals surface area contributed by atoms with E-state index in [0.29, 0.717) is 6.04 Å². The minimum atomic E-state index is 0.516. The van der Waals surface area contributed by atoms with Gasteiger partial charge in [-0.25, -0.2) is 4.98 Å². The van der Waals surface area contributed by atoms with Crippen LogP contribution in [0.2, 0.25) is 0 Å². The molecule has 1 aliphatic heterocycles. The van der Waals surface area contributed by atoms with Crippen molar-refractivity contribution in [2.45, 2.75) is 19.4 Å². The molecule has 1 unspecified atom stereocenters. The lowest BCUT2D eigenvalue weighted by molar-refractivity contribution is 0.0957. The molecule has 96 valence electrons. The number of nitrogens with zero attached hydrogens (tertiary/aromatic N) is 3. The van der Waals surface area contributed by atoms with Gasteiger partial charge in [-0.2, -0.15) is 0 Å². The highest BCUT2D eigenvalue weighted by molar-refractivity contribution is 7.09. The number of aromatic nitrogens is 1. The first-order valence-electron chi connectivity index (χ1n) is 6.22. The smallest absolute Gasteiger partial charge is 0.0797 e. The summed E-state index contributed by atoms with van der Waals surface area (Å²) in [5, 5.41) is 0. The maximum Gasteiger partial charge on any atom is 0.0797 e. The molecule has 0 aliphatic carbocycles. The van der Waals surface area contributed by atoms with E-state index in [1.165, 1.54) is 10.6 Å². The minimum absolute atomic E-state index is 0.516. The Kier molecular flexibility index (Phi) is 4.50. The van der Waals surface area contributed by atoms with E-state index < -0.39 is 0 Å². The highest BCUT2D eigenvalue weighted by Gasteiger charge is 2.23. The van der Waals surface area contributed by atoms with Gasteiger partial charge in [0.2, 0.25) is 0 Å². The van der Waals surface area contributed by atoms with Crippen molar-refractivity contribution in [1.29, 1.82) is 0 Å². The maximum atomic E-state index is 5.86. The van der Waals surface area contributed by atoms with E-state index in [0.717, 1.165) is 39.1 Å². The summed E-state index contributed by atoms with van der Waals surface area (Å²) in [6.45, 7) is 7.34. The normalized spacial score (nSPS) is 23.1. The van der Waals surface area contributed by atoms with E-state index in [4.69, 9.17) is 5.73 Å². The first-order chi connectivity index (χ1) is 8.20. The average molecular weight is 254 g/mol. The van der Waals surface area contributed by atoms with E-state index >= 15 is 0 Å². The highest BCUT2D eigenvalue weighted by atomic mass is 32.1. The lowest BCUT2D eigenvalue weighted by atomic mass is 10.1. The van der Waals surface area contributed by atoms with Crippen LogP contribution in [0.4, 0.5) is 0 Å². The number of hydrogen-bond donors (Lipinski definition) is 1. The molecule has 1 fully saturated rings. The number of thiazole rings is 1. The molecule has 1 aromatic rings. The van der Waals surface area contributed by atoms with Crippen LogP contribution in [0.3, 0.4) is 0 Å². The van der Waals surface area contributed by atoms with Gasteiger partial charge >= 0.3 is 0 Å². The molecule has 2 heterocycles. The summed E-state index contributed by atoms with van der Waals surface area (Å²) in [6.07, 6.45) is 1.11. The molecule has 1 aromatic heterocycles. The molecule has 1 aliphatic rings. The van der Waals surface area contributed by atoms with E-state index in [1.54, 1.807) is 11.3 Å². The first-order valence-corrected chi connectivity index (χ1v) is 7.10. The molecule has 5 heteroatoms. The first kappa shape index (κ1) is 13.0. The van der Waals surface area contributed by atoms with Crippen LogP contribution in [0.1, 0.15) is 10.6 Å². The predicted octanol–water partition coefficient (Wildman–Crippen LogP) is 0.569. The maximum absolute atomic E-state index is 5.86. The van der Waals surface area contributed by atoms with E-state index in [9.17, 15) is 0 Å². The molecule has 0 radical (unpaired) electrons. The van der Waals surface area contributed by atoms with E-state index in [-0.39, 0.29) is 0 Å².